The maximum absolute atomic E-state index is 13.1. The fraction of sp³-hybridized carbons (Fsp3) is 0.551. The van der Waals surface area contributed by atoms with Crippen LogP contribution in [0.2, 0.25) is 0 Å². The van der Waals surface area contributed by atoms with E-state index in [2.05, 4.69) is 216 Å². The van der Waals surface area contributed by atoms with E-state index in [0.717, 1.165) is 167 Å². The van der Waals surface area contributed by atoms with Crippen molar-refractivity contribution in [1.29, 1.82) is 0 Å². The van der Waals surface area contributed by atoms with Crippen molar-refractivity contribution in [2.24, 2.45) is 0 Å². The molecule has 606 valence electrons. The third kappa shape index (κ3) is 77.5. The summed E-state index contributed by atoms with van der Waals surface area (Å²) in [5.74, 6) is -2.42. The summed E-state index contributed by atoms with van der Waals surface area (Å²) in [6, 6.07) is 0. The lowest BCUT2D eigenvalue weighted by Crippen LogP contribution is -2.30. The van der Waals surface area contributed by atoms with Gasteiger partial charge < -0.3 is 33.8 Å². The zero-order valence-electron chi connectivity index (χ0n) is 66.2. The number of phosphoric acid groups is 2. The van der Waals surface area contributed by atoms with Crippen LogP contribution in [0.1, 0.15) is 259 Å². The Bertz CT molecular complexity index is 2910. The second kappa shape index (κ2) is 78.5. The molecule has 5 atom stereocenters. The van der Waals surface area contributed by atoms with E-state index in [1.807, 2.05) is 30.4 Å². The zero-order valence-corrected chi connectivity index (χ0v) is 68.0. The SMILES string of the molecule is CC/C=C\C/C=C\C/C=C\C/C=C\C/C=C\C/C=C\CCC(=O)OCC(COP(=O)(O)OCC(O)COP(=O)(O)OCC(COC(=O)CCC/C=C\C/C=C\C/C=C\C/C=C\C/C=C\CC)OC(=O)CCCCCC/C=C\C/C=C\C/C=C\C/C=C\CC)OC(=O)CCCCCCC/C=C\C/C=C\C/C=C\CC. The van der Waals surface area contributed by atoms with Gasteiger partial charge in [0, 0.05) is 25.7 Å². The van der Waals surface area contributed by atoms with E-state index in [-0.39, 0.29) is 25.7 Å². The maximum Gasteiger partial charge on any atom is 0.472 e. The molecule has 0 bridgehead atoms. The highest BCUT2D eigenvalue weighted by Gasteiger charge is 2.30. The number of rotatable bonds is 72. The molecular formula is C89H138O17P2. The van der Waals surface area contributed by atoms with Gasteiger partial charge in [0.25, 0.3) is 0 Å². The molecular weight excluding hydrogens is 1400 g/mol. The molecule has 0 aliphatic rings. The molecule has 0 amide bonds. The van der Waals surface area contributed by atoms with Crippen molar-refractivity contribution in [2.75, 3.05) is 39.6 Å². The van der Waals surface area contributed by atoms with E-state index in [9.17, 15) is 43.2 Å². The number of unbranched alkanes of at least 4 members (excludes halogenated alkanes) is 10. The van der Waals surface area contributed by atoms with E-state index >= 15 is 0 Å². The standard InChI is InChI=1S/C89H138O17P2/c1-5-9-13-17-21-25-29-33-37-40-41-44-47-50-54-58-62-66-70-74-87(92)100-79-84(105-88(93)75-71-67-63-59-55-51-45-36-32-28-24-20-16-12-8-4)81-103-107(95,96)101-77-83(90)78-102-108(97,98)104-82-85(106-89(94)76-72-68-64-60-56-52-48-43-39-35-31-27-23-19-15-11-7-3)80-99-86(91)73-69-65-61-57-53-49-46-42-38-34-30-26-22-18-14-10-6-2/h9-16,21-28,33-39,41,44-46,48-50,52,54,57,61-62,66,83-85,90H,5-8,17-20,29-32,40,42-43,47,51,53,55-56,58-60,63-65,67-82H2,1-4H3,(H,95,96)(H,97,98)/b13-9-,14-10-,15-11-,16-12-,25-21-,26-22-,27-23-,28-24-,37-33-,38-34-,39-35-,44-41-,45-36-,49-46-,52-48-,54-50-,61-57-,66-62-. The van der Waals surface area contributed by atoms with Crippen LogP contribution in [0.4, 0.5) is 0 Å². The topological polar surface area (TPSA) is 237 Å². The minimum absolute atomic E-state index is 0.0213. The Kier molecular flexibility index (Phi) is 73.7. The van der Waals surface area contributed by atoms with Gasteiger partial charge in [-0.15, -0.1) is 0 Å². The van der Waals surface area contributed by atoms with Crippen LogP contribution in [-0.4, -0.2) is 96.7 Å². The van der Waals surface area contributed by atoms with Crippen molar-refractivity contribution in [1.82, 2.24) is 0 Å². The third-order valence-corrected chi connectivity index (χ3v) is 17.3. The highest BCUT2D eigenvalue weighted by Crippen LogP contribution is 2.45. The second-order valence-electron chi connectivity index (χ2n) is 25.5. The van der Waals surface area contributed by atoms with Gasteiger partial charge in [0.15, 0.2) is 12.2 Å². The molecule has 19 heteroatoms. The fourth-order valence-electron chi connectivity index (χ4n) is 9.52. The first kappa shape index (κ1) is 101. The second-order valence-corrected chi connectivity index (χ2v) is 28.4. The lowest BCUT2D eigenvalue weighted by Gasteiger charge is -2.21. The van der Waals surface area contributed by atoms with Gasteiger partial charge in [-0.05, 0) is 173 Å². The van der Waals surface area contributed by atoms with Crippen molar-refractivity contribution in [3.05, 3.63) is 219 Å². The van der Waals surface area contributed by atoms with Gasteiger partial charge in [-0.1, -0.05) is 279 Å². The molecule has 5 unspecified atom stereocenters. The zero-order chi connectivity index (χ0) is 78.9. The van der Waals surface area contributed by atoms with Crippen LogP contribution in [0.15, 0.2) is 219 Å². The average Bonchev–Trinajstić information content (AvgIpc) is 0.901. The molecule has 0 aromatic heterocycles. The number of aliphatic hydroxyl groups is 1. The summed E-state index contributed by atoms with van der Waals surface area (Å²) in [6.07, 6.45) is 99.4. The average molecular weight is 1540 g/mol. The Hall–Kier alpha value is -6.62. The minimum Gasteiger partial charge on any atom is -0.462 e. The highest BCUT2D eigenvalue weighted by atomic mass is 31.2. The molecule has 0 radical (unpaired) electrons. The summed E-state index contributed by atoms with van der Waals surface area (Å²) in [7, 11) is -10.0. The van der Waals surface area contributed by atoms with Crippen LogP contribution >= 0.6 is 15.6 Å². The van der Waals surface area contributed by atoms with Gasteiger partial charge in [-0.25, -0.2) is 9.13 Å². The first-order valence-electron chi connectivity index (χ1n) is 40.0. The lowest BCUT2D eigenvalue weighted by molar-refractivity contribution is -0.161. The van der Waals surface area contributed by atoms with E-state index in [1.165, 1.54) is 0 Å². The normalized spacial score (nSPS) is 15.0. The summed E-state index contributed by atoms with van der Waals surface area (Å²) in [5.41, 5.74) is 0. The Labute approximate surface area is 651 Å². The van der Waals surface area contributed by atoms with E-state index < -0.39 is 97.5 Å². The maximum atomic E-state index is 13.1. The summed E-state index contributed by atoms with van der Waals surface area (Å²) in [4.78, 5) is 73.1. The largest absolute Gasteiger partial charge is 0.472 e. The molecule has 0 heterocycles. The molecule has 0 spiro atoms. The van der Waals surface area contributed by atoms with Crippen LogP contribution in [0.25, 0.3) is 0 Å². The van der Waals surface area contributed by atoms with Crippen LogP contribution in [0.5, 0.6) is 0 Å². The summed E-state index contributed by atoms with van der Waals surface area (Å²) in [6.45, 7) is 4.18. The number of hydrogen-bond donors (Lipinski definition) is 3. The van der Waals surface area contributed by atoms with Gasteiger partial charge in [-0.3, -0.25) is 37.3 Å². The number of allylic oxidation sites excluding steroid dienone is 36. The van der Waals surface area contributed by atoms with Gasteiger partial charge >= 0.3 is 39.5 Å². The van der Waals surface area contributed by atoms with Crippen molar-refractivity contribution in [3.8, 4) is 0 Å². The molecule has 3 N–H and O–H groups in total. The van der Waals surface area contributed by atoms with Crippen molar-refractivity contribution >= 4 is 39.5 Å². The molecule has 108 heavy (non-hydrogen) atoms. The molecule has 0 aliphatic heterocycles. The lowest BCUT2D eigenvalue weighted by atomic mass is 10.1. The first-order chi connectivity index (χ1) is 52.7. The van der Waals surface area contributed by atoms with Crippen LogP contribution in [-0.2, 0) is 65.4 Å². The molecule has 0 aliphatic carbocycles. The number of ether oxygens (including phenoxy) is 4. The molecule has 0 rings (SSSR count). The van der Waals surface area contributed by atoms with Crippen LogP contribution < -0.4 is 0 Å². The number of carbonyl (C=O) groups excluding carboxylic acids is 4. The monoisotopic (exact) mass is 1540 g/mol. The number of esters is 4. The Morgan fingerprint density at radius 3 is 0.778 bits per heavy atom. The molecule has 17 nitrogen and oxygen atoms in total. The molecule has 0 fully saturated rings. The smallest absolute Gasteiger partial charge is 0.462 e. The van der Waals surface area contributed by atoms with Crippen LogP contribution in [0.3, 0.4) is 0 Å². The van der Waals surface area contributed by atoms with Gasteiger partial charge in [0.05, 0.1) is 26.4 Å². The Morgan fingerprint density at radius 1 is 0.259 bits per heavy atom. The summed E-state index contributed by atoms with van der Waals surface area (Å²) in [5, 5.41) is 10.6. The molecule has 0 aromatic rings. The van der Waals surface area contributed by atoms with Crippen molar-refractivity contribution in [2.45, 2.75) is 277 Å². The van der Waals surface area contributed by atoms with Crippen molar-refractivity contribution < 1.29 is 80.2 Å². The number of aliphatic hydroxyl groups excluding tert-OH is 1. The van der Waals surface area contributed by atoms with Gasteiger partial charge in [0.2, 0.25) is 0 Å². The summed E-state index contributed by atoms with van der Waals surface area (Å²) >= 11 is 0. The predicted octanol–water partition coefficient (Wildman–Crippen LogP) is 23.7. The van der Waals surface area contributed by atoms with Crippen molar-refractivity contribution in [3.63, 3.8) is 0 Å². The minimum atomic E-state index is -5.02. The number of hydrogen-bond acceptors (Lipinski definition) is 15. The van der Waals surface area contributed by atoms with E-state index in [4.69, 9.17) is 37.0 Å². The molecule has 0 aromatic carbocycles. The highest BCUT2D eigenvalue weighted by molar-refractivity contribution is 7.47. The number of phosphoric ester groups is 2. The van der Waals surface area contributed by atoms with Crippen LogP contribution in [0, 0.1) is 0 Å². The third-order valence-electron chi connectivity index (χ3n) is 15.4. The van der Waals surface area contributed by atoms with E-state index in [1.54, 1.807) is 0 Å². The Morgan fingerprint density at radius 2 is 0.481 bits per heavy atom. The Balaban J connectivity index is 5.55. The molecule has 0 saturated heterocycles. The molecule has 0 saturated carbocycles. The van der Waals surface area contributed by atoms with E-state index in [0.29, 0.717) is 38.5 Å². The van der Waals surface area contributed by atoms with Gasteiger partial charge in [-0.2, -0.15) is 0 Å². The first-order valence-corrected chi connectivity index (χ1v) is 43.0. The quantitative estimate of drug-likeness (QED) is 0.0169. The van der Waals surface area contributed by atoms with Gasteiger partial charge in [0.1, 0.15) is 19.3 Å². The number of carbonyl (C=O) groups is 4. The predicted molar refractivity (Wildman–Crippen MR) is 445 cm³/mol. The summed E-state index contributed by atoms with van der Waals surface area (Å²) < 4.78 is 68.5. The fourth-order valence-corrected chi connectivity index (χ4v) is 11.1.